The van der Waals surface area contributed by atoms with E-state index in [0.717, 1.165) is 22.1 Å². The Bertz CT molecular complexity index is 862. The van der Waals surface area contributed by atoms with E-state index in [1.807, 2.05) is 12.3 Å². The summed E-state index contributed by atoms with van der Waals surface area (Å²) in [6.45, 7) is 1.23. The Labute approximate surface area is 124 Å². The minimum absolute atomic E-state index is 0.315. The van der Waals surface area contributed by atoms with Gasteiger partial charge in [-0.2, -0.15) is 5.10 Å². The first-order valence-electron chi connectivity index (χ1n) is 6.94. The van der Waals surface area contributed by atoms with Gasteiger partial charge in [0.25, 0.3) is 0 Å². The Morgan fingerprint density at radius 1 is 1.45 bits per heavy atom. The number of H-pyrrole nitrogens is 1. The van der Waals surface area contributed by atoms with Gasteiger partial charge in [0.1, 0.15) is 17.3 Å². The first-order valence-corrected chi connectivity index (χ1v) is 6.94. The van der Waals surface area contributed by atoms with Crippen LogP contribution in [0.3, 0.4) is 0 Å². The molecule has 1 unspecified atom stereocenters. The summed E-state index contributed by atoms with van der Waals surface area (Å²) in [5.41, 5.74) is 2.43. The molecule has 4 heterocycles. The van der Waals surface area contributed by atoms with Crippen LogP contribution in [0.5, 0.6) is 0 Å². The van der Waals surface area contributed by atoms with Gasteiger partial charge in [0, 0.05) is 29.9 Å². The number of hydrogen-bond donors (Lipinski definition) is 2. The zero-order valence-electron chi connectivity index (χ0n) is 11.6. The molecule has 1 atom stereocenters. The molecule has 0 spiro atoms. The zero-order valence-corrected chi connectivity index (χ0v) is 11.6. The molecule has 1 aliphatic rings. The number of anilines is 1. The average molecular weight is 299 g/mol. The predicted molar refractivity (Wildman–Crippen MR) is 78.9 cm³/mol. The number of aromatic amines is 1. The fourth-order valence-electron chi connectivity index (χ4n) is 2.98. The lowest BCUT2D eigenvalue weighted by Crippen LogP contribution is -2.24. The molecule has 4 rings (SSSR count). The molecule has 0 radical (unpaired) electrons. The van der Waals surface area contributed by atoms with Gasteiger partial charge in [-0.1, -0.05) is 0 Å². The van der Waals surface area contributed by atoms with E-state index in [9.17, 15) is 4.79 Å². The maximum Gasteiger partial charge on any atom is 0.506 e. The Balaban J connectivity index is 1.79. The summed E-state index contributed by atoms with van der Waals surface area (Å²) in [6, 6.07) is 1.96. The largest absolute Gasteiger partial charge is 0.506 e. The van der Waals surface area contributed by atoms with Crippen molar-refractivity contribution in [2.75, 3.05) is 18.0 Å². The van der Waals surface area contributed by atoms with Crippen LogP contribution in [0.2, 0.25) is 0 Å². The molecule has 3 aromatic rings. The molecule has 1 aliphatic heterocycles. The second kappa shape index (κ2) is 4.83. The van der Waals surface area contributed by atoms with E-state index in [-0.39, 0.29) is 6.10 Å². The average Bonchev–Trinajstić information content (AvgIpc) is 3.14. The molecule has 0 aromatic carbocycles. The molecule has 8 heteroatoms. The van der Waals surface area contributed by atoms with Gasteiger partial charge < -0.3 is 19.7 Å². The van der Waals surface area contributed by atoms with Crippen molar-refractivity contribution in [1.29, 1.82) is 0 Å². The highest BCUT2D eigenvalue weighted by atomic mass is 16.7. The summed E-state index contributed by atoms with van der Waals surface area (Å²) in [7, 11) is 0. The summed E-state index contributed by atoms with van der Waals surface area (Å²) in [5, 5.41) is 18.9. The molecule has 2 N–H and O–H groups in total. The highest BCUT2D eigenvalue weighted by Crippen LogP contribution is 2.32. The van der Waals surface area contributed by atoms with Crippen LogP contribution in [0.15, 0.2) is 24.7 Å². The third kappa shape index (κ3) is 2.00. The number of nitrogens with zero attached hydrogens (tertiary/aromatic N) is 4. The Morgan fingerprint density at radius 2 is 2.36 bits per heavy atom. The lowest BCUT2D eigenvalue weighted by molar-refractivity contribution is 0.0602. The predicted octanol–water partition coefficient (Wildman–Crippen LogP) is 1.78. The van der Waals surface area contributed by atoms with Crippen LogP contribution in [-0.4, -0.2) is 50.6 Å². The lowest BCUT2D eigenvalue weighted by atomic mass is 10.1. The summed E-state index contributed by atoms with van der Waals surface area (Å²) in [5.74, 6) is 0. The van der Waals surface area contributed by atoms with Gasteiger partial charge in [-0.05, 0) is 6.07 Å². The number of rotatable bonds is 2. The van der Waals surface area contributed by atoms with E-state index in [1.54, 1.807) is 12.4 Å². The van der Waals surface area contributed by atoms with E-state index in [1.165, 1.54) is 0 Å². The molecule has 8 nitrogen and oxygen atoms in total. The van der Waals surface area contributed by atoms with Gasteiger partial charge in [-0.25, -0.2) is 9.78 Å². The molecule has 1 saturated heterocycles. The number of aromatic nitrogens is 4. The topological polar surface area (TPSA) is 104 Å². The van der Waals surface area contributed by atoms with Gasteiger partial charge in [0.05, 0.1) is 24.6 Å². The Morgan fingerprint density at radius 3 is 3.23 bits per heavy atom. The van der Waals surface area contributed by atoms with Gasteiger partial charge >= 0.3 is 6.16 Å². The van der Waals surface area contributed by atoms with Gasteiger partial charge in [-0.15, -0.1) is 5.10 Å². The standard InChI is InChI=1S/C14H13N5O3/c20-14(21)22-8-2-4-19(7-8)11-6-17-18-10-5-16-13-9(12(10)11)1-3-15-13/h1,3,5-6,8H,2,4,7H2,(H,15,16)(H,20,21). The first kappa shape index (κ1) is 12.8. The summed E-state index contributed by atoms with van der Waals surface area (Å²) < 4.78 is 4.87. The van der Waals surface area contributed by atoms with Crippen molar-refractivity contribution < 1.29 is 14.6 Å². The highest BCUT2D eigenvalue weighted by Gasteiger charge is 2.27. The quantitative estimate of drug-likeness (QED) is 0.695. The van der Waals surface area contributed by atoms with Gasteiger partial charge in [0.2, 0.25) is 0 Å². The van der Waals surface area contributed by atoms with Gasteiger partial charge in [-0.3, -0.25) is 0 Å². The van der Waals surface area contributed by atoms with Crippen LogP contribution < -0.4 is 4.90 Å². The Hall–Kier alpha value is -2.90. The van der Waals surface area contributed by atoms with Crippen LogP contribution in [0.25, 0.3) is 21.9 Å². The van der Waals surface area contributed by atoms with Crippen molar-refractivity contribution in [2.45, 2.75) is 12.5 Å². The number of carboxylic acid groups (broad SMARTS) is 1. The molecule has 0 amide bonds. The van der Waals surface area contributed by atoms with Crippen LogP contribution in [-0.2, 0) is 4.74 Å². The molecule has 112 valence electrons. The number of hydrogen-bond acceptors (Lipinski definition) is 6. The van der Waals surface area contributed by atoms with Crippen LogP contribution >= 0.6 is 0 Å². The molecule has 1 fully saturated rings. The molecule has 0 aliphatic carbocycles. The smallest absolute Gasteiger partial charge is 0.450 e. The van der Waals surface area contributed by atoms with Crippen LogP contribution in [0, 0.1) is 0 Å². The molecule has 0 bridgehead atoms. The fraction of sp³-hybridized carbons (Fsp3) is 0.286. The van der Waals surface area contributed by atoms with Crippen molar-refractivity contribution in [1.82, 2.24) is 20.2 Å². The highest BCUT2D eigenvalue weighted by molar-refractivity contribution is 6.09. The number of carbonyl (C=O) groups is 1. The van der Waals surface area contributed by atoms with Crippen LogP contribution in [0.4, 0.5) is 10.5 Å². The van der Waals surface area contributed by atoms with Crippen molar-refractivity contribution >= 4 is 33.8 Å². The second-order valence-electron chi connectivity index (χ2n) is 5.23. The lowest BCUT2D eigenvalue weighted by Gasteiger charge is -2.19. The van der Waals surface area contributed by atoms with E-state index in [2.05, 4.69) is 25.1 Å². The minimum atomic E-state index is -1.23. The normalized spacial score (nSPS) is 18.2. The third-order valence-corrected chi connectivity index (χ3v) is 3.92. The van der Waals surface area contributed by atoms with Gasteiger partial charge in [0.15, 0.2) is 0 Å². The summed E-state index contributed by atoms with van der Waals surface area (Å²) in [6.07, 6.45) is 4.34. The maximum absolute atomic E-state index is 10.7. The fourth-order valence-corrected chi connectivity index (χ4v) is 2.98. The van der Waals surface area contributed by atoms with E-state index in [0.29, 0.717) is 25.0 Å². The number of nitrogens with one attached hydrogen (secondary N) is 1. The molecular weight excluding hydrogens is 286 g/mol. The minimum Gasteiger partial charge on any atom is -0.450 e. The Kier molecular flexibility index (Phi) is 2.81. The second-order valence-corrected chi connectivity index (χ2v) is 5.23. The first-order chi connectivity index (χ1) is 10.7. The SMILES string of the molecule is O=C(O)OC1CCN(c2cnnc3cnc4[nH]ccc4c23)C1. The zero-order chi connectivity index (χ0) is 15.1. The maximum atomic E-state index is 10.7. The molecule has 22 heavy (non-hydrogen) atoms. The molecule has 0 saturated carbocycles. The number of fused-ring (bicyclic) bond motifs is 3. The van der Waals surface area contributed by atoms with E-state index in [4.69, 9.17) is 9.84 Å². The third-order valence-electron chi connectivity index (χ3n) is 3.92. The van der Waals surface area contributed by atoms with Crippen LogP contribution in [0.1, 0.15) is 6.42 Å². The van der Waals surface area contributed by atoms with E-state index < -0.39 is 6.16 Å². The van der Waals surface area contributed by atoms with Crippen molar-refractivity contribution in [3.63, 3.8) is 0 Å². The summed E-state index contributed by atoms with van der Waals surface area (Å²) in [4.78, 5) is 20.2. The van der Waals surface area contributed by atoms with Crippen molar-refractivity contribution in [2.24, 2.45) is 0 Å². The molecule has 3 aromatic heterocycles. The monoisotopic (exact) mass is 299 g/mol. The van der Waals surface area contributed by atoms with E-state index >= 15 is 0 Å². The van der Waals surface area contributed by atoms with Crippen molar-refractivity contribution in [3.05, 3.63) is 24.7 Å². The van der Waals surface area contributed by atoms with Crippen molar-refractivity contribution in [3.8, 4) is 0 Å². The summed E-state index contributed by atoms with van der Waals surface area (Å²) >= 11 is 0. The molecular formula is C14H13N5O3. The number of ether oxygens (including phenoxy) is 1. The number of pyridine rings is 1.